The summed E-state index contributed by atoms with van der Waals surface area (Å²) < 4.78 is 0. The Morgan fingerprint density at radius 3 is 2.42 bits per heavy atom. The molecule has 2 aromatic carbocycles. The van der Waals surface area contributed by atoms with E-state index in [9.17, 15) is 0 Å². The molecular formula is C19H22. The first kappa shape index (κ1) is 13.6. The summed E-state index contributed by atoms with van der Waals surface area (Å²) in [4.78, 5) is 0. The smallest absolute Gasteiger partial charge is 0.00971 e. The third-order valence-corrected chi connectivity index (χ3v) is 3.75. The molecule has 0 aliphatic carbocycles. The standard InChI is InChI=1S/C19H22/c1-4-10-17-13-9-14-18(19(17)15(3)5-2)16-11-7-6-8-12-16/h4,6-9,11-15H,1,5,10H2,2-3H3. The lowest BCUT2D eigenvalue weighted by atomic mass is 9.85. The maximum absolute atomic E-state index is 3.88. The Morgan fingerprint density at radius 2 is 1.79 bits per heavy atom. The lowest BCUT2D eigenvalue weighted by Crippen LogP contribution is -2.01. The van der Waals surface area contributed by atoms with Gasteiger partial charge in [-0.15, -0.1) is 6.58 Å². The van der Waals surface area contributed by atoms with E-state index >= 15 is 0 Å². The van der Waals surface area contributed by atoms with Crippen molar-refractivity contribution in [1.29, 1.82) is 0 Å². The van der Waals surface area contributed by atoms with Crippen LogP contribution in [0, 0.1) is 0 Å². The second-order valence-corrected chi connectivity index (χ2v) is 5.05. The second kappa shape index (κ2) is 6.38. The Hall–Kier alpha value is -1.82. The molecule has 0 nitrogen and oxygen atoms in total. The van der Waals surface area contributed by atoms with Gasteiger partial charge < -0.3 is 0 Å². The van der Waals surface area contributed by atoms with Crippen molar-refractivity contribution in [2.75, 3.05) is 0 Å². The molecular weight excluding hydrogens is 228 g/mol. The molecule has 2 rings (SSSR count). The summed E-state index contributed by atoms with van der Waals surface area (Å²) in [6, 6.07) is 17.3. The minimum atomic E-state index is 0.575. The second-order valence-electron chi connectivity index (χ2n) is 5.05. The summed E-state index contributed by atoms with van der Waals surface area (Å²) in [7, 11) is 0. The predicted molar refractivity (Wildman–Crippen MR) is 84.5 cm³/mol. The largest absolute Gasteiger partial charge is 0.103 e. The Balaban J connectivity index is 2.60. The van der Waals surface area contributed by atoms with Gasteiger partial charge in [0.05, 0.1) is 0 Å². The topological polar surface area (TPSA) is 0 Å². The molecule has 0 radical (unpaired) electrons. The highest BCUT2D eigenvalue weighted by molar-refractivity contribution is 5.69. The van der Waals surface area contributed by atoms with Crippen LogP contribution in [0.3, 0.4) is 0 Å². The SMILES string of the molecule is C=CCc1cccc(-c2ccccc2)c1C(C)CC. The van der Waals surface area contributed by atoms with Gasteiger partial charge in [0.25, 0.3) is 0 Å². The normalized spacial score (nSPS) is 12.1. The van der Waals surface area contributed by atoms with Crippen molar-refractivity contribution in [2.24, 2.45) is 0 Å². The maximum Gasteiger partial charge on any atom is -0.00971 e. The molecule has 0 aliphatic rings. The van der Waals surface area contributed by atoms with Crippen LogP contribution in [0.15, 0.2) is 61.2 Å². The molecule has 0 saturated carbocycles. The Kier molecular flexibility index (Phi) is 4.57. The molecule has 98 valence electrons. The van der Waals surface area contributed by atoms with Crippen LogP contribution in [0.4, 0.5) is 0 Å². The quantitative estimate of drug-likeness (QED) is 0.606. The molecule has 0 heterocycles. The first-order valence-electron chi connectivity index (χ1n) is 7.06. The van der Waals surface area contributed by atoms with Crippen molar-refractivity contribution in [3.8, 4) is 11.1 Å². The van der Waals surface area contributed by atoms with Crippen LogP contribution >= 0.6 is 0 Å². The van der Waals surface area contributed by atoms with Gasteiger partial charge in [-0.2, -0.15) is 0 Å². The van der Waals surface area contributed by atoms with Gasteiger partial charge in [0.1, 0.15) is 0 Å². The van der Waals surface area contributed by atoms with E-state index in [2.05, 4.69) is 69.0 Å². The fourth-order valence-electron chi connectivity index (χ4n) is 2.60. The molecule has 0 aliphatic heterocycles. The molecule has 1 unspecified atom stereocenters. The minimum Gasteiger partial charge on any atom is -0.103 e. The van der Waals surface area contributed by atoms with Crippen LogP contribution in [0.25, 0.3) is 11.1 Å². The molecule has 0 spiro atoms. The number of hydrogen-bond acceptors (Lipinski definition) is 0. The first-order valence-corrected chi connectivity index (χ1v) is 7.06. The first-order chi connectivity index (χ1) is 9.27. The Morgan fingerprint density at radius 1 is 1.05 bits per heavy atom. The molecule has 19 heavy (non-hydrogen) atoms. The molecule has 0 fully saturated rings. The lowest BCUT2D eigenvalue weighted by Gasteiger charge is -2.19. The van der Waals surface area contributed by atoms with Gasteiger partial charge in [0, 0.05) is 0 Å². The van der Waals surface area contributed by atoms with E-state index < -0.39 is 0 Å². The highest BCUT2D eigenvalue weighted by Crippen LogP contribution is 2.33. The number of hydrogen-bond donors (Lipinski definition) is 0. The molecule has 0 N–H and O–H groups in total. The zero-order valence-electron chi connectivity index (χ0n) is 11.9. The van der Waals surface area contributed by atoms with Crippen molar-refractivity contribution in [2.45, 2.75) is 32.6 Å². The van der Waals surface area contributed by atoms with Crippen LogP contribution in [0.5, 0.6) is 0 Å². The van der Waals surface area contributed by atoms with Gasteiger partial charge in [0.15, 0.2) is 0 Å². The summed E-state index contributed by atoms with van der Waals surface area (Å²) in [5.41, 5.74) is 5.57. The zero-order chi connectivity index (χ0) is 13.7. The van der Waals surface area contributed by atoms with Gasteiger partial charge >= 0.3 is 0 Å². The van der Waals surface area contributed by atoms with E-state index in [0.29, 0.717) is 5.92 Å². The van der Waals surface area contributed by atoms with E-state index in [-0.39, 0.29) is 0 Å². The molecule has 0 saturated heterocycles. The van der Waals surface area contributed by atoms with Gasteiger partial charge in [-0.25, -0.2) is 0 Å². The zero-order valence-corrected chi connectivity index (χ0v) is 11.9. The summed E-state index contributed by atoms with van der Waals surface area (Å²) in [6.45, 7) is 8.45. The fraction of sp³-hybridized carbons (Fsp3) is 0.263. The maximum atomic E-state index is 3.88. The number of benzene rings is 2. The third kappa shape index (κ3) is 2.96. The lowest BCUT2D eigenvalue weighted by molar-refractivity contribution is 0.727. The van der Waals surface area contributed by atoms with Gasteiger partial charge in [-0.05, 0) is 41.0 Å². The van der Waals surface area contributed by atoms with Crippen molar-refractivity contribution in [3.05, 3.63) is 72.3 Å². The van der Waals surface area contributed by atoms with E-state index in [1.165, 1.54) is 22.3 Å². The summed E-state index contributed by atoms with van der Waals surface area (Å²) in [5, 5.41) is 0. The van der Waals surface area contributed by atoms with Gasteiger partial charge in [0.2, 0.25) is 0 Å². The van der Waals surface area contributed by atoms with E-state index in [1.54, 1.807) is 0 Å². The van der Waals surface area contributed by atoms with Crippen LogP contribution < -0.4 is 0 Å². The Bertz CT molecular complexity index is 537. The highest BCUT2D eigenvalue weighted by atomic mass is 14.2. The molecule has 2 aromatic rings. The average molecular weight is 250 g/mol. The third-order valence-electron chi connectivity index (χ3n) is 3.75. The van der Waals surface area contributed by atoms with E-state index in [1.807, 2.05) is 6.08 Å². The van der Waals surface area contributed by atoms with Crippen LogP contribution in [-0.2, 0) is 6.42 Å². The monoisotopic (exact) mass is 250 g/mol. The molecule has 0 bridgehead atoms. The molecule has 1 atom stereocenters. The van der Waals surface area contributed by atoms with Gasteiger partial charge in [-0.1, -0.05) is 68.5 Å². The highest BCUT2D eigenvalue weighted by Gasteiger charge is 2.14. The molecule has 0 heteroatoms. The van der Waals surface area contributed by atoms with Crippen molar-refractivity contribution >= 4 is 0 Å². The Labute approximate surface area is 116 Å². The van der Waals surface area contributed by atoms with Crippen molar-refractivity contribution in [1.82, 2.24) is 0 Å². The fourth-order valence-corrected chi connectivity index (χ4v) is 2.60. The summed E-state index contributed by atoms with van der Waals surface area (Å²) in [6.07, 6.45) is 4.10. The molecule has 0 amide bonds. The van der Waals surface area contributed by atoms with Crippen LogP contribution in [0.2, 0.25) is 0 Å². The van der Waals surface area contributed by atoms with Gasteiger partial charge in [-0.3, -0.25) is 0 Å². The van der Waals surface area contributed by atoms with E-state index in [0.717, 1.165) is 12.8 Å². The van der Waals surface area contributed by atoms with Crippen molar-refractivity contribution in [3.63, 3.8) is 0 Å². The average Bonchev–Trinajstić information content (AvgIpc) is 2.47. The number of rotatable bonds is 5. The minimum absolute atomic E-state index is 0.575. The van der Waals surface area contributed by atoms with Crippen LogP contribution in [0.1, 0.15) is 37.3 Å². The van der Waals surface area contributed by atoms with Crippen LogP contribution in [-0.4, -0.2) is 0 Å². The summed E-state index contributed by atoms with van der Waals surface area (Å²) in [5.74, 6) is 0.575. The predicted octanol–water partition coefficient (Wildman–Crippen LogP) is 5.60. The summed E-state index contributed by atoms with van der Waals surface area (Å²) >= 11 is 0. The number of allylic oxidation sites excluding steroid dienone is 1. The van der Waals surface area contributed by atoms with E-state index in [4.69, 9.17) is 0 Å². The van der Waals surface area contributed by atoms with Crippen molar-refractivity contribution < 1.29 is 0 Å². The molecule has 0 aromatic heterocycles.